The van der Waals surface area contributed by atoms with Crippen molar-refractivity contribution in [1.29, 1.82) is 0 Å². The number of anilines is 3. The summed E-state index contributed by atoms with van der Waals surface area (Å²) in [6.45, 7) is 0. The monoisotopic (exact) mass is 738 g/mol. The van der Waals surface area contributed by atoms with E-state index in [2.05, 4.69) is 240 Å². The SMILES string of the molecule is c1ccc(N(c2ccc(-c3ccc4ccccc4c3)cc2)c2ccc(-c3ccccc3-n3c4ccccc4c4ccccc43)c(-c3ccc4ccccc4c3)c2)cc1. The highest BCUT2D eigenvalue weighted by Crippen LogP contribution is 2.44. The summed E-state index contributed by atoms with van der Waals surface area (Å²) < 4.78 is 2.44. The molecule has 11 aromatic rings. The molecule has 0 N–H and O–H groups in total. The van der Waals surface area contributed by atoms with Gasteiger partial charge in [-0.1, -0.05) is 164 Å². The van der Waals surface area contributed by atoms with Gasteiger partial charge in [0.25, 0.3) is 0 Å². The van der Waals surface area contributed by atoms with Gasteiger partial charge in [0.15, 0.2) is 0 Å². The van der Waals surface area contributed by atoms with Crippen LogP contribution in [-0.4, -0.2) is 4.57 Å². The van der Waals surface area contributed by atoms with Gasteiger partial charge in [0, 0.05) is 33.4 Å². The molecule has 0 spiro atoms. The molecule has 1 heterocycles. The van der Waals surface area contributed by atoms with Crippen molar-refractivity contribution in [2.24, 2.45) is 0 Å². The fourth-order valence-electron chi connectivity index (χ4n) is 8.78. The van der Waals surface area contributed by atoms with Gasteiger partial charge in [-0.2, -0.15) is 0 Å². The Morgan fingerprint density at radius 3 is 1.47 bits per heavy atom. The molecule has 0 fully saturated rings. The molecule has 1 aromatic heterocycles. The third-order valence-corrected chi connectivity index (χ3v) is 11.6. The van der Waals surface area contributed by atoms with E-state index in [1.165, 1.54) is 76.7 Å². The second-order valence-electron chi connectivity index (χ2n) is 15.0. The van der Waals surface area contributed by atoms with Crippen molar-refractivity contribution in [2.45, 2.75) is 0 Å². The first kappa shape index (κ1) is 33.6. The van der Waals surface area contributed by atoms with Gasteiger partial charge in [-0.15, -0.1) is 0 Å². The summed E-state index contributed by atoms with van der Waals surface area (Å²) in [5, 5.41) is 7.45. The van der Waals surface area contributed by atoms with Gasteiger partial charge in [-0.25, -0.2) is 0 Å². The zero-order valence-electron chi connectivity index (χ0n) is 31.8. The number of benzene rings is 10. The highest BCUT2D eigenvalue weighted by Gasteiger charge is 2.20. The van der Waals surface area contributed by atoms with E-state index in [-0.39, 0.29) is 0 Å². The van der Waals surface area contributed by atoms with Gasteiger partial charge in [0.1, 0.15) is 0 Å². The molecule has 11 rings (SSSR count). The van der Waals surface area contributed by atoms with Gasteiger partial charge < -0.3 is 9.47 Å². The predicted molar refractivity (Wildman–Crippen MR) is 247 cm³/mol. The van der Waals surface area contributed by atoms with E-state index in [0.717, 1.165) is 22.7 Å². The number of fused-ring (bicyclic) bond motifs is 5. The molecule has 58 heavy (non-hydrogen) atoms. The molecule has 0 atom stereocenters. The minimum atomic E-state index is 1.09. The number of rotatable bonds is 7. The number of hydrogen-bond acceptors (Lipinski definition) is 1. The predicted octanol–water partition coefficient (Wildman–Crippen LogP) is 15.6. The second kappa shape index (κ2) is 14.1. The maximum absolute atomic E-state index is 2.44. The smallest absolute Gasteiger partial charge is 0.0541 e. The third kappa shape index (κ3) is 5.82. The molecule has 0 amide bonds. The van der Waals surface area contributed by atoms with Crippen LogP contribution in [-0.2, 0) is 0 Å². The van der Waals surface area contributed by atoms with Crippen LogP contribution < -0.4 is 4.90 Å². The van der Waals surface area contributed by atoms with Crippen LogP contribution >= 0.6 is 0 Å². The molecule has 0 aliphatic carbocycles. The van der Waals surface area contributed by atoms with Crippen LogP contribution in [0, 0.1) is 0 Å². The minimum Gasteiger partial charge on any atom is -0.310 e. The first-order valence-corrected chi connectivity index (χ1v) is 19.9. The maximum atomic E-state index is 2.44. The first-order valence-electron chi connectivity index (χ1n) is 19.9. The van der Waals surface area contributed by atoms with E-state index in [9.17, 15) is 0 Å². The molecular formula is C56H38N2. The van der Waals surface area contributed by atoms with Crippen molar-refractivity contribution in [1.82, 2.24) is 4.57 Å². The Kier molecular flexibility index (Phi) is 8.19. The van der Waals surface area contributed by atoms with Crippen LogP contribution in [0.25, 0.3) is 82.4 Å². The van der Waals surface area contributed by atoms with E-state index < -0.39 is 0 Å². The quantitative estimate of drug-likeness (QED) is 0.158. The Labute approximate surface area is 338 Å². The summed E-state index contributed by atoms with van der Waals surface area (Å²) in [6.07, 6.45) is 0. The van der Waals surface area contributed by atoms with Crippen LogP contribution in [0.4, 0.5) is 17.1 Å². The summed E-state index contributed by atoms with van der Waals surface area (Å²) >= 11 is 0. The average Bonchev–Trinajstić information content (AvgIpc) is 3.63. The van der Waals surface area contributed by atoms with E-state index in [1.807, 2.05) is 0 Å². The lowest BCUT2D eigenvalue weighted by atomic mass is 9.91. The van der Waals surface area contributed by atoms with E-state index >= 15 is 0 Å². The zero-order valence-corrected chi connectivity index (χ0v) is 31.8. The summed E-state index contributed by atoms with van der Waals surface area (Å²) in [6, 6.07) is 83.8. The molecule has 272 valence electrons. The molecule has 0 saturated carbocycles. The van der Waals surface area contributed by atoms with Crippen LogP contribution in [0.5, 0.6) is 0 Å². The second-order valence-corrected chi connectivity index (χ2v) is 15.0. The molecule has 2 nitrogen and oxygen atoms in total. The van der Waals surface area contributed by atoms with Crippen LogP contribution in [0.1, 0.15) is 0 Å². The van der Waals surface area contributed by atoms with Gasteiger partial charge in [-0.3, -0.25) is 0 Å². The van der Waals surface area contributed by atoms with Gasteiger partial charge in [0.05, 0.1) is 16.7 Å². The summed E-state index contributed by atoms with van der Waals surface area (Å²) in [4.78, 5) is 2.37. The van der Waals surface area contributed by atoms with Crippen LogP contribution in [0.2, 0.25) is 0 Å². The van der Waals surface area contributed by atoms with E-state index in [4.69, 9.17) is 0 Å². The number of nitrogens with zero attached hydrogens (tertiary/aromatic N) is 2. The normalized spacial score (nSPS) is 11.4. The standard InChI is InChI=1S/C56H38N2/c1-2-18-46(19-3-1)57(47-32-30-41(31-33-47)44-28-26-39-14-4-6-16-42(39)36-44)48-34-35-49(53(38-48)45-29-27-40-15-5-7-17-43(40)37-45)50-20-8-11-23-54(50)58-55-24-12-9-21-51(55)52-22-10-13-25-56(52)58/h1-38H. The molecule has 0 radical (unpaired) electrons. The van der Waals surface area contributed by atoms with E-state index in [1.54, 1.807) is 0 Å². The first-order chi connectivity index (χ1) is 28.8. The van der Waals surface area contributed by atoms with Crippen molar-refractivity contribution >= 4 is 60.4 Å². The molecular weight excluding hydrogens is 701 g/mol. The van der Waals surface area contributed by atoms with Crippen molar-refractivity contribution < 1.29 is 0 Å². The lowest BCUT2D eigenvalue weighted by molar-refractivity contribution is 1.18. The van der Waals surface area contributed by atoms with Crippen LogP contribution in [0.15, 0.2) is 231 Å². The Morgan fingerprint density at radius 2 is 0.776 bits per heavy atom. The topological polar surface area (TPSA) is 8.17 Å². The molecule has 2 heteroatoms. The highest BCUT2D eigenvalue weighted by molar-refractivity contribution is 6.10. The number of hydrogen-bond donors (Lipinski definition) is 0. The Morgan fingerprint density at radius 1 is 0.276 bits per heavy atom. The van der Waals surface area contributed by atoms with Crippen molar-refractivity contribution in [3.63, 3.8) is 0 Å². The zero-order chi connectivity index (χ0) is 38.4. The number of para-hydroxylation sites is 4. The highest BCUT2D eigenvalue weighted by atomic mass is 15.1. The summed E-state index contributed by atoms with van der Waals surface area (Å²) in [7, 11) is 0. The van der Waals surface area contributed by atoms with Crippen molar-refractivity contribution in [3.05, 3.63) is 231 Å². The van der Waals surface area contributed by atoms with Crippen LogP contribution in [0.3, 0.4) is 0 Å². The van der Waals surface area contributed by atoms with Gasteiger partial charge in [-0.05, 0) is 116 Å². The fourth-order valence-corrected chi connectivity index (χ4v) is 8.78. The molecule has 0 bridgehead atoms. The largest absolute Gasteiger partial charge is 0.310 e. The average molecular weight is 739 g/mol. The van der Waals surface area contributed by atoms with Crippen molar-refractivity contribution in [2.75, 3.05) is 4.90 Å². The van der Waals surface area contributed by atoms with Crippen molar-refractivity contribution in [3.8, 4) is 39.1 Å². The fraction of sp³-hybridized carbons (Fsp3) is 0. The lowest BCUT2D eigenvalue weighted by Gasteiger charge is -2.27. The lowest BCUT2D eigenvalue weighted by Crippen LogP contribution is -2.10. The summed E-state index contributed by atoms with van der Waals surface area (Å²) in [5.41, 5.74) is 13.9. The molecule has 0 aliphatic heterocycles. The van der Waals surface area contributed by atoms with Gasteiger partial charge in [0.2, 0.25) is 0 Å². The molecule has 0 unspecified atom stereocenters. The Bertz CT molecular complexity index is 3230. The number of aromatic nitrogens is 1. The molecule has 0 saturated heterocycles. The maximum Gasteiger partial charge on any atom is 0.0541 e. The molecule has 10 aromatic carbocycles. The third-order valence-electron chi connectivity index (χ3n) is 11.6. The minimum absolute atomic E-state index is 1.09. The molecule has 0 aliphatic rings. The Hall–Kier alpha value is -7.68. The van der Waals surface area contributed by atoms with E-state index in [0.29, 0.717) is 0 Å². The Balaban J connectivity index is 1.10. The van der Waals surface area contributed by atoms with Gasteiger partial charge >= 0.3 is 0 Å². The summed E-state index contributed by atoms with van der Waals surface area (Å²) in [5.74, 6) is 0.